The number of aromatic amines is 1. The van der Waals surface area contributed by atoms with Crippen molar-refractivity contribution in [3.8, 4) is 17.1 Å². The zero-order valence-corrected chi connectivity index (χ0v) is 18.6. The van der Waals surface area contributed by atoms with E-state index in [1.165, 1.54) is 24.3 Å². The third kappa shape index (κ3) is 5.89. The van der Waals surface area contributed by atoms with Crippen molar-refractivity contribution in [3.05, 3.63) is 59.9 Å². The van der Waals surface area contributed by atoms with Gasteiger partial charge in [-0.25, -0.2) is 18.1 Å². The van der Waals surface area contributed by atoms with Crippen molar-refractivity contribution < 1.29 is 17.9 Å². The average Bonchev–Trinajstić information content (AvgIpc) is 3.19. The topological polar surface area (TPSA) is 126 Å². The van der Waals surface area contributed by atoms with E-state index >= 15 is 0 Å². The minimum atomic E-state index is -3.66. The highest BCUT2D eigenvalue weighted by molar-refractivity contribution is 7.89. The largest absolute Gasteiger partial charge is 0.497 e. The van der Waals surface area contributed by atoms with Crippen molar-refractivity contribution in [3.63, 3.8) is 0 Å². The molecule has 3 rings (SSSR count). The van der Waals surface area contributed by atoms with Crippen LogP contribution >= 0.6 is 0 Å². The van der Waals surface area contributed by atoms with Gasteiger partial charge in [0.2, 0.25) is 10.0 Å². The first-order chi connectivity index (χ1) is 14.6. The van der Waals surface area contributed by atoms with E-state index in [4.69, 9.17) is 4.74 Å². The second-order valence-electron chi connectivity index (χ2n) is 7.90. The number of rotatable bonds is 7. The lowest BCUT2D eigenvalue weighted by Crippen LogP contribution is -2.40. The number of sulfonamides is 1. The molecule has 1 aromatic heterocycles. The van der Waals surface area contributed by atoms with Crippen LogP contribution in [0.5, 0.6) is 5.75 Å². The molecule has 3 N–H and O–H groups in total. The summed E-state index contributed by atoms with van der Waals surface area (Å²) in [6.45, 7) is 5.43. The normalized spacial score (nSPS) is 11.9. The lowest BCUT2D eigenvalue weighted by Gasteiger charge is -2.20. The van der Waals surface area contributed by atoms with E-state index in [0.717, 1.165) is 11.3 Å². The number of hydrogen-bond donors (Lipinski definition) is 3. The molecule has 1 amide bonds. The Morgan fingerprint density at radius 2 is 1.71 bits per heavy atom. The van der Waals surface area contributed by atoms with Crippen LogP contribution in [0.3, 0.4) is 0 Å². The van der Waals surface area contributed by atoms with E-state index in [1.54, 1.807) is 27.9 Å². The van der Waals surface area contributed by atoms with Gasteiger partial charge in [0.1, 0.15) is 11.6 Å². The van der Waals surface area contributed by atoms with Gasteiger partial charge in [0.25, 0.3) is 5.91 Å². The van der Waals surface area contributed by atoms with Crippen LogP contribution in [0.2, 0.25) is 0 Å². The molecule has 1 heterocycles. The standard InChI is InChI=1S/C21H25N5O4S/c1-21(2,3)26-31(28,29)17-11-7-15(8-12-17)20(27)22-13-18-23-19(25-24-18)14-5-9-16(30-4)10-6-14/h5-12,26H,13H2,1-4H3,(H,22,27)(H,23,24,25). The maximum atomic E-state index is 12.4. The molecule has 3 aromatic rings. The predicted octanol–water partition coefficient (Wildman–Crippen LogP) is 2.49. The Morgan fingerprint density at radius 3 is 2.29 bits per heavy atom. The second kappa shape index (κ2) is 8.86. The van der Waals surface area contributed by atoms with Gasteiger partial charge in [-0.2, -0.15) is 5.10 Å². The minimum absolute atomic E-state index is 0.0957. The molecule has 0 unspecified atom stereocenters. The van der Waals surface area contributed by atoms with Crippen LogP contribution in [0.4, 0.5) is 0 Å². The summed E-state index contributed by atoms with van der Waals surface area (Å²) in [6, 6.07) is 13.1. The number of benzene rings is 2. The smallest absolute Gasteiger partial charge is 0.251 e. The maximum Gasteiger partial charge on any atom is 0.251 e. The van der Waals surface area contributed by atoms with Gasteiger partial charge in [-0.3, -0.25) is 9.89 Å². The molecular formula is C21H25N5O4S. The van der Waals surface area contributed by atoms with Crippen molar-refractivity contribution in [2.24, 2.45) is 0 Å². The Labute approximate surface area is 181 Å². The Balaban J connectivity index is 1.61. The minimum Gasteiger partial charge on any atom is -0.497 e. The first kappa shape index (κ1) is 22.4. The van der Waals surface area contributed by atoms with Gasteiger partial charge >= 0.3 is 0 Å². The molecule has 0 atom stereocenters. The summed E-state index contributed by atoms with van der Waals surface area (Å²) in [7, 11) is -2.06. The number of H-pyrrole nitrogens is 1. The van der Waals surface area contributed by atoms with Gasteiger partial charge in [-0.1, -0.05) is 0 Å². The molecule has 0 bridgehead atoms. The number of hydrogen-bond acceptors (Lipinski definition) is 6. The zero-order valence-electron chi connectivity index (χ0n) is 17.8. The number of ether oxygens (including phenoxy) is 1. The summed E-state index contributed by atoms with van der Waals surface area (Å²) < 4.78 is 32.4. The Kier molecular flexibility index (Phi) is 6.42. The molecule has 0 aliphatic heterocycles. The summed E-state index contributed by atoms with van der Waals surface area (Å²) in [5, 5.41) is 9.69. The van der Waals surface area contributed by atoms with Gasteiger partial charge in [0.05, 0.1) is 18.6 Å². The molecule has 0 saturated heterocycles. The molecule has 0 aliphatic rings. The first-order valence-corrected chi connectivity index (χ1v) is 11.0. The number of methoxy groups -OCH3 is 1. The van der Waals surface area contributed by atoms with E-state index in [-0.39, 0.29) is 17.3 Å². The number of nitrogens with one attached hydrogen (secondary N) is 3. The van der Waals surface area contributed by atoms with Crippen LogP contribution in [0.15, 0.2) is 53.4 Å². The lowest BCUT2D eigenvalue weighted by molar-refractivity contribution is 0.0950. The third-order valence-electron chi connectivity index (χ3n) is 4.16. The highest BCUT2D eigenvalue weighted by Crippen LogP contribution is 2.19. The molecule has 0 spiro atoms. The van der Waals surface area contributed by atoms with Crippen LogP contribution in [0.1, 0.15) is 37.0 Å². The third-order valence-corrected chi connectivity index (χ3v) is 5.94. The summed E-state index contributed by atoms with van der Waals surface area (Å²) in [6.07, 6.45) is 0. The summed E-state index contributed by atoms with van der Waals surface area (Å²) in [5.74, 6) is 1.38. The van der Waals surface area contributed by atoms with Crippen molar-refractivity contribution in [1.82, 2.24) is 25.2 Å². The van der Waals surface area contributed by atoms with Crippen molar-refractivity contribution in [2.75, 3.05) is 7.11 Å². The number of aromatic nitrogens is 3. The summed E-state index contributed by atoms with van der Waals surface area (Å²) in [4.78, 5) is 16.9. The van der Waals surface area contributed by atoms with Gasteiger partial charge in [0, 0.05) is 16.7 Å². The average molecular weight is 444 g/mol. The molecule has 2 aromatic carbocycles. The van der Waals surface area contributed by atoms with Gasteiger partial charge < -0.3 is 10.1 Å². The zero-order chi connectivity index (χ0) is 22.6. The highest BCUT2D eigenvalue weighted by Gasteiger charge is 2.22. The molecule has 10 heteroatoms. The second-order valence-corrected chi connectivity index (χ2v) is 9.58. The van der Waals surface area contributed by atoms with Crippen LogP contribution < -0.4 is 14.8 Å². The molecule has 0 fully saturated rings. The summed E-state index contributed by atoms with van der Waals surface area (Å²) >= 11 is 0. The van der Waals surface area contributed by atoms with Gasteiger partial charge in [-0.15, -0.1) is 0 Å². The quantitative estimate of drug-likeness (QED) is 0.515. The molecule has 9 nitrogen and oxygen atoms in total. The van der Waals surface area contributed by atoms with E-state index in [1.807, 2.05) is 24.3 Å². The van der Waals surface area contributed by atoms with Crippen LogP contribution in [0.25, 0.3) is 11.4 Å². The Hall–Kier alpha value is -3.24. The maximum absolute atomic E-state index is 12.4. The van der Waals surface area contributed by atoms with E-state index in [9.17, 15) is 13.2 Å². The van der Waals surface area contributed by atoms with Crippen LogP contribution in [-0.2, 0) is 16.6 Å². The van der Waals surface area contributed by atoms with Gasteiger partial charge in [0.15, 0.2) is 5.82 Å². The van der Waals surface area contributed by atoms with Crippen LogP contribution in [0, 0.1) is 0 Å². The van der Waals surface area contributed by atoms with Crippen LogP contribution in [-0.4, -0.2) is 42.2 Å². The number of amides is 1. The van der Waals surface area contributed by atoms with Crippen molar-refractivity contribution >= 4 is 15.9 Å². The van der Waals surface area contributed by atoms with Crippen molar-refractivity contribution in [1.29, 1.82) is 0 Å². The molecule has 0 aliphatic carbocycles. The molecule has 31 heavy (non-hydrogen) atoms. The monoisotopic (exact) mass is 443 g/mol. The highest BCUT2D eigenvalue weighted by atomic mass is 32.2. The first-order valence-electron chi connectivity index (χ1n) is 9.55. The Bertz CT molecular complexity index is 1150. The Morgan fingerprint density at radius 1 is 1.06 bits per heavy atom. The van der Waals surface area contributed by atoms with E-state index < -0.39 is 15.6 Å². The van der Waals surface area contributed by atoms with E-state index in [0.29, 0.717) is 17.2 Å². The van der Waals surface area contributed by atoms with Crippen molar-refractivity contribution in [2.45, 2.75) is 37.8 Å². The van der Waals surface area contributed by atoms with E-state index in [2.05, 4.69) is 25.2 Å². The predicted molar refractivity (Wildman–Crippen MR) is 116 cm³/mol. The lowest BCUT2D eigenvalue weighted by atomic mass is 10.1. The number of carbonyl (C=O) groups excluding carboxylic acids is 1. The number of nitrogens with zero attached hydrogens (tertiary/aromatic N) is 2. The van der Waals surface area contributed by atoms with Gasteiger partial charge in [-0.05, 0) is 69.3 Å². The molecule has 0 saturated carbocycles. The fraction of sp³-hybridized carbons (Fsp3) is 0.286. The number of carbonyl (C=O) groups is 1. The summed E-state index contributed by atoms with van der Waals surface area (Å²) in [5.41, 5.74) is 0.552. The molecular weight excluding hydrogens is 418 g/mol. The molecule has 164 valence electrons. The SMILES string of the molecule is COc1ccc(-c2n[nH]c(CNC(=O)c3ccc(S(=O)(=O)NC(C)(C)C)cc3)n2)cc1. The molecule has 0 radical (unpaired) electrons. The fourth-order valence-corrected chi connectivity index (χ4v) is 4.18. The fourth-order valence-electron chi connectivity index (χ4n) is 2.76.